The summed E-state index contributed by atoms with van der Waals surface area (Å²) in [5, 5.41) is 8.03. The molecule has 4 rings (SSSR count). The molecule has 0 atom stereocenters. The van der Waals surface area contributed by atoms with E-state index in [1.54, 1.807) is 12.4 Å². The molecular weight excluding hydrogens is 304 g/mol. The van der Waals surface area contributed by atoms with Crippen LogP contribution in [0.2, 0.25) is 0 Å². The van der Waals surface area contributed by atoms with Gasteiger partial charge in [-0.3, -0.25) is 9.67 Å². The van der Waals surface area contributed by atoms with Gasteiger partial charge in [-0.25, -0.2) is 0 Å². The van der Waals surface area contributed by atoms with E-state index in [1.165, 1.54) is 0 Å². The number of fused-ring (bicyclic) bond motifs is 1. The summed E-state index contributed by atoms with van der Waals surface area (Å²) in [5.41, 5.74) is 4.38. The summed E-state index contributed by atoms with van der Waals surface area (Å²) in [7, 11) is 1.94. The average Bonchev–Trinajstić information content (AvgIpc) is 3.21. The van der Waals surface area contributed by atoms with Crippen LogP contribution < -0.4 is 14.8 Å². The van der Waals surface area contributed by atoms with Crippen LogP contribution in [-0.4, -0.2) is 21.6 Å². The van der Waals surface area contributed by atoms with Gasteiger partial charge in [0.05, 0.1) is 5.69 Å². The van der Waals surface area contributed by atoms with Crippen LogP contribution in [0.1, 0.15) is 11.1 Å². The molecule has 0 bridgehead atoms. The lowest BCUT2D eigenvalue weighted by atomic mass is 10.1. The van der Waals surface area contributed by atoms with Crippen molar-refractivity contribution in [1.82, 2.24) is 20.1 Å². The van der Waals surface area contributed by atoms with Gasteiger partial charge in [0, 0.05) is 49.9 Å². The lowest BCUT2D eigenvalue weighted by Crippen LogP contribution is -2.12. The molecule has 0 unspecified atom stereocenters. The Bertz CT molecular complexity index is 845. The minimum atomic E-state index is 0.303. The average molecular weight is 322 g/mol. The molecule has 1 aromatic carbocycles. The minimum Gasteiger partial charge on any atom is -0.454 e. The van der Waals surface area contributed by atoms with Gasteiger partial charge in [-0.05, 0) is 29.8 Å². The Hall–Kier alpha value is -2.86. The highest BCUT2D eigenvalue weighted by Gasteiger charge is 2.13. The van der Waals surface area contributed by atoms with E-state index < -0.39 is 0 Å². The third kappa shape index (κ3) is 2.96. The number of aryl methyl sites for hydroxylation is 1. The molecule has 6 heteroatoms. The van der Waals surface area contributed by atoms with E-state index in [9.17, 15) is 0 Å². The first kappa shape index (κ1) is 14.7. The lowest BCUT2D eigenvalue weighted by Gasteiger charge is -2.06. The van der Waals surface area contributed by atoms with Gasteiger partial charge >= 0.3 is 0 Å². The van der Waals surface area contributed by atoms with E-state index in [0.717, 1.165) is 47.0 Å². The van der Waals surface area contributed by atoms with E-state index in [2.05, 4.69) is 15.4 Å². The number of pyridine rings is 1. The molecule has 1 aliphatic rings. The number of ether oxygens (including phenoxy) is 2. The molecule has 1 aliphatic heterocycles. The first-order valence-electron chi connectivity index (χ1n) is 7.82. The van der Waals surface area contributed by atoms with Crippen LogP contribution in [0.5, 0.6) is 11.5 Å². The quantitative estimate of drug-likeness (QED) is 0.782. The van der Waals surface area contributed by atoms with Gasteiger partial charge in [-0.15, -0.1) is 0 Å². The van der Waals surface area contributed by atoms with E-state index in [1.807, 2.05) is 48.3 Å². The molecule has 0 radical (unpaired) electrons. The lowest BCUT2D eigenvalue weighted by molar-refractivity contribution is 0.174. The van der Waals surface area contributed by atoms with Gasteiger partial charge < -0.3 is 14.8 Å². The molecule has 24 heavy (non-hydrogen) atoms. The van der Waals surface area contributed by atoms with E-state index in [4.69, 9.17) is 9.47 Å². The van der Waals surface area contributed by atoms with Gasteiger partial charge in [0.15, 0.2) is 11.5 Å². The van der Waals surface area contributed by atoms with Crippen molar-refractivity contribution < 1.29 is 9.47 Å². The maximum Gasteiger partial charge on any atom is 0.231 e. The molecule has 6 nitrogen and oxygen atoms in total. The van der Waals surface area contributed by atoms with Crippen LogP contribution in [0, 0.1) is 0 Å². The molecule has 1 N–H and O–H groups in total. The first-order valence-corrected chi connectivity index (χ1v) is 7.82. The van der Waals surface area contributed by atoms with Gasteiger partial charge in [0.2, 0.25) is 6.79 Å². The summed E-state index contributed by atoms with van der Waals surface area (Å²) in [6.45, 7) is 1.79. The van der Waals surface area contributed by atoms with Crippen molar-refractivity contribution in [2.45, 2.75) is 13.1 Å². The molecular formula is C18H18N4O2. The highest BCUT2D eigenvalue weighted by molar-refractivity contribution is 5.61. The van der Waals surface area contributed by atoms with Crippen molar-refractivity contribution in [3.05, 3.63) is 60.0 Å². The fraction of sp³-hybridized carbons (Fsp3) is 0.222. The molecule has 0 fully saturated rings. The van der Waals surface area contributed by atoms with E-state index >= 15 is 0 Å². The summed E-state index contributed by atoms with van der Waals surface area (Å²) in [4.78, 5) is 4.07. The minimum absolute atomic E-state index is 0.303. The monoisotopic (exact) mass is 322 g/mol. The van der Waals surface area contributed by atoms with Crippen LogP contribution >= 0.6 is 0 Å². The predicted molar refractivity (Wildman–Crippen MR) is 89.5 cm³/mol. The van der Waals surface area contributed by atoms with E-state index in [0.29, 0.717) is 6.79 Å². The molecule has 0 saturated heterocycles. The fourth-order valence-electron chi connectivity index (χ4n) is 2.81. The van der Waals surface area contributed by atoms with E-state index in [-0.39, 0.29) is 0 Å². The Balaban J connectivity index is 1.45. The third-order valence-electron chi connectivity index (χ3n) is 3.94. The Labute approximate surface area is 140 Å². The summed E-state index contributed by atoms with van der Waals surface area (Å²) >= 11 is 0. The molecule has 122 valence electrons. The second-order valence-electron chi connectivity index (χ2n) is 5.70. The number of nitrogens with zero attached hydrogens (tertiary/aromatic N) is 3. The molecule has 0 spiro atoms. The number of nitrogens with one attached hydrogen (secondary N) is 1. The largest absolute Gasteiger partial charge is 0.454 e. The van der Waals surface area contributed by atoms with Gasteiger partial charge in [0.1, 0.15) is 0 Å². The molecule has 3 heterocycles. The molecule has 0 saturated carbocycles. The van der Waals surface area contributed by atoms with Crippen LogP contribution in [0.25, 0.3) is 11.3 Å². The van der Waals surface area contributed by atoms with Gasteiger partial charge in [0.25, 0.3) is 0 Å². The van der Waals surface area contributed by atoms with Crippen molar-refractivity contribution in [2.75, 3.05) is 6.79 Å². The van der Waals surface area contributed by atoms with Crippen molar-refractivity contribution >= 4 is 0 Å². The number of aromatic nitrogens is 3. The molecule has 0 amide bonds. The zero-order valence-corrected chi connectivity index (χ0v) is 13.4. The number of benzene rings is 1. The highest BCUT2D eigenvalue weighted by atomic mass is 16.7. The molecule has 0 aliphatic carbocycles. The van der Waals surface area contributed by atoms with Gasteiger partial charge in [-0.1, -0.05) is 6.07 Å². The molecule has 2 aromatic heterocycles. The van der Waals surface area contributed by atoms with Crippen LogP contribution in [0.4, 0.5) is 0 Å². The standard InChI is InChI=1S/C18H18N4O2/c1-22-11-15(18(21-22)14-4-6-19-7-5-14)10-20-9-13-2-3-16-17(8-13)24-12-23-16/h2-8,11,20H,9-10,12H2,1H3. The summed E-state index contributed by atoms with van der Waals surface area (Å²) in [6.07, 6.45) is 5.62. The van der Waals surface area contributed by atoms with Crippen molar-refractivity contribution in [3.8, 4) is 22.8 Å². The fourth-order valence-corrected chi connectivity index (χ4v) is 2.81. The number of rotatable bonds is 5. The van der Waals surface area contributed by atoms with Crippen LogP contribution in [0.15, 0.2) is 48.9 Å². The Kier molecular flexibility index (Phi) is 3.88. The van der Waals surface area contributed by atoms with Gasteiger partial charge in [-0.2, -0.15) is 5.10 Å². The Morgan fingerprint density at radius 3 is 2.79 bits per heavy atom. The second kappa shape index (κ2) is 6.33. The summed E-state index contributed by atoms with van der Waals surface area (Å²) < 4.78 is 12.6. The van der Waals surface area contributed by atoms with Crippen molar-refractivity contribution in [2.24, 2.45) is 7.05 Å². The number of hydrogen-bond donors (Lipinski definition) is 1. The zero-order valence-electron chi connectivity index (χ0n) is 13.4. The van der Waals surface area contributed by atoms with Crippen LogP contribution in [-0.2, 0) is 20.1 Å². The maximum atomic E-state index is 5.41. The Morgan fingerprint density at radius 2 is 1.92 bits per heavy atom. The SMILES string of the molecule is Cn1cc(CNCc2ccc3c(c2)OCO3)c(-c2ccncc2)n1. The normalized spacial score (nSPS) is 12.5. The topological polar surface area (TPSA) is 61.2 Å². The first-order chi connectivity index (χ1) is 11.8. The summed E-state index contributed by atoms with van der Waals surface area (Å²) in [5.74, 6) is 1.62. The Morgan fingerprint density at radius 1 is 1.08 bits per heavy atom. The highest BCUT2D eigenvalue weighted by Crippen LogP contribution is 2.32. The van der Waals surface area contributed by atoms with Crippen LogP contribution in [0.3, 0.4) is 0 Å². The zero-order chi connectivity index (χ0) is 16.4. The second-order valence-corrected chi connectivity index (χ2v) is 5.70. The number of hydrogen-bond acceptors (Lipinski definition) is 5. The van der Waals surface area contributed by atoms with Crippen molar-refractivity contribution in [1.29, 1.82) is 0 Å². The third-order valence-corrected chi connectivity index (χ3v) is 3.94. The smallest absolute Gasteiger partial charge is 0.231 e. The maximum absolute atomic E-state index is 5.41. The predicted octanol–water partition coefficient (Wildman–Crippen LogP) is 2.50. The summed E-state index contributed by atoms with van der Waals surface area (Å²) in [6, 6.07) is 9.97. The molecule has 3 aromatic rings. The van der Waals surface area contributed by atoms with Crippen molar-refractivity contribution in [3.63, 3.8) is 0 Å².